The topological polar surface area (TPSA) is 12.5 Å². The number of hydrogen-bond acceptors (Lipinski definition) is 3. The Morgan fingerprint density at radius 3 is 2.05 bits per heavy atom. The van der Waals surface area contributed by atoms with E-state index in [9.17, 15) is 0 Å². The van der Waals surface area contributed by atoms with Crippen LogP contribution in [0.15, 0.2) is 66.7 Å². The molecule has 0 unspecified atom stereocenters. The Balaban J connectivity index is 1.46. The third-order valence-electron chi connectivity index (χ3n) is 10.1. The van der Waals surface area contributed by atoms with Crippen LogP contribution in [0.3, 0.4) is 0 Å². The fraction of sp³-hybridized carbons (Fsp3) is 0.350. The summed E-state index contributed by atoms with van der Waals surface area (Å²) in [5.74, 6) is 1.98. The van der Waals surface area contributed by atoms with E-state index < -0.39 is 0 Å². The molecule has 0 N–H and O–H groups in total. The van der Waals surface area contributed by atoms with Crippen LogP contribution in [-0.4, -0.2) is 6.71 Å². The number of benzene rings is 4. The van der Waals surface area contributed by atoms with Gasteiger partial charge in [0.05, 0.1) is 10.7 Å². The predicted octanol–water partition coefficient (Wildman–Crippen LogP) is 9.30. The summed E-state index contributed by atoms with van der Waals surface area (Å²) in [5.41, 5.74) is 13.9. The lowest BCUT2D eigenvalue weighted by atomic mass is 9.34. The first-order valence-corrected chi connectivity index (χ1v) is 17.0. The van der Waals surface area contributed by atoms with Crippen molar-refractivity contribution in [3.63, 3.8) is 0 Å². The van der Waals surface area contributed by atoms with Crippen LogP contribution in [0.5, 0.6) is 11.5 Å². The number of hydrogen-bond donors (Lipinski definition) is 0. The highest BCUT2D eigenvalue weighted by molar-refractivity contribution is 7.26. The van der Waals surface area contributed by atoms with Crippen LogP contribution in [0.25, 0.3) is 10.1 Å². The molecular formula is C40H42BNOS. The second-order valence-corrected chi connectivity index (χ2v) is 17.3. The van der Waals surface area contributed by atoms with Crippen LogP contribution >= 0.6 is 11.3 Å². The van der Waals surface area contributed by atoms with Crippen molar-refractivity contribution in [1.29, 1.82) is 0 Å². The predicted molar refractivity (Wildman–Crippen MR) is 191 cm³/mol. The van der Waals surface area contributed by atoms with E-state index in [-0.39, 0.29) is 23.0 Å². The van der Waals surface area contributed by atoms with Crippen LogP contribution in [-0.2, 0) is 29.1 Å². The molecule has 44 heavy (non-hydrogen) atoms. The van der Waals surface area contributed by atoms with Crippen LogP contribution in [0.1, 0.15) is 90.1 Å². The Morgan fingerprint density at radius 2 is 1.36 bits per heavy atom. The zero-order valence-electron chi connectivity index (χ0n) is 27.6. The Bertz CT molecular complexity index is 2010. The summed E-state index contributed by atoms with van der Waals surface area (Å²) in [6, 6.07) is 25.8. The second-order valence-electron chi connectivity index (χ2n) is 16.2. The molecule has 4 aromatic carbocycles. The first-order valence-electron chi connectivity index (χ1n) is 16.2. The average molecular weight is 596 g/mol. The van der Waals surface area contributed by atoms with Crippen LogP contribution in [0, 0.1) is 0 Å². The van der Waals surface area contributed by atoms with Gasteiger partial charge in [0.2, 0.25) is 0 Å². The van der Waals surface area contributed by atoms with Crippen molar-refractivity contribution in [2.45, 2.75) is 91.4 Å². The number of nitrogens with zero attached hydrogens (tertiary/aromatic N) is 1. The molecule has 5 aromatic rings. The van der Waals surface area contributed by atoms with Gasteiger partial charge in [0.1, 0.15) is 11.5 Å². The molecule has 222 valence electrons. The van der Waals surface area contributed by atoms with Gasteiger partial charge < -0.3 is 9.64 Å². The number of aryl methyl sites for hydroxylation is 1. The van der Waals surface area contributed by atoms with E-state index in [4.69, 9.17) is 4.74 Å². The minimum absolute atomic E-state index is 0.0473. The molecule has 3 heterocycles. The lowest BCUT2D eigenvalue weighted by molar-refractivity contribution is 0.483. The zero-order valence-corrected chi connectivity index (χ0v) is 28.4. The van der Waals surface area contributed by atoms with E-state index in [1.807, 2.05) is 11.3 Å². The largest absolute Gasteiger partial charge is 0.458 e. The van der Waals surface area contributed by atoms with Gasteiger partial charge in [0.25, 0.3) is 6.71 Å². The molecule has 0 spiro atoms. The highest BCUT2D eigenvalue weighted by atomic mass is 32.1. The molecule has 0 fully saturated rings. The summed E-state index contributed by atoms with van der Waals surface area (Å²) in [6.45, 7) is 20.9. The van der Waals surface area contributed by atoms with Crippen molar-refractivity contribution in [2.24, 2.45) is 0 Å². The fourth-order valence-corrected chi connectivity index (χ4v) is 8.56. The van der Waals surface area contributed by atoms with E-state index in [0.29, 0.717) is 0 Å². The van der Waals surface area contributed by atoms with Crippen molar-refractivity contribution >= 4 is 60.9 Å². The van der Waals surface area contributed by atoms with E-state index in [1.54, 1.807) is 0 Å². The van der Waals surface area contributed by atoms with Crippen molar-refractivity contribution in [1.82, 2.24) is 0 Å². The van der Waals surface area contributed by atoms with Gasteiger partial charge in [-0.2, -0.15) is 0 Å². The summed E-state index contributed by atoms with van der Waals surface area (Å²) in [4.78, 5) is 2.61. The number of ether oxygens (including phenoxy) is 1. The normalized spacial score (nSPS) is 15.3. The number of anilines is 3. The van der Waals surface area contributed by atoms with E-state index in [0.717, 1.165) is 24.3 Å². The standard InChI is InChI=1S/C40H42BNOS/c1-38(2,3)24-15-18-34-28(20-24)35-37(44-34)42(31-21-26(40(7,8)9)19-23-13-16-27(23)31)30-11-10-12-32-36(30)41(35)29-17-14-25(39(4,5)6)22-33(29)43-32/h10-12,14-15,17-22H,13,16H2,1-9H3. The molecule has 0 radical (unpaired) electrons. The van der Waals surface area contributed by atoms with Crippen LogP contribution in [0.4, 0.5) is 16.4 Å². The van der Waals surface area contributed by atoms with E-state index in [1.165, 1.54) is 70.7 Å². The van der Waals surface area contributed by atoms with Crippen molar-refractivity contribution < 1.29 is 4.74 Å². The van der Waals surface area contributed by atoms with Gasteiger partial charge in [-0.1, -0.05) is 98.7 Å². The third kappa shape index (κ3) is 4.06. The molecule has 8 rings (SSSR count). The van der Waals surface area contributed by atoms with Gasteiger partial charge >= 0.3 is 0 Å². The molecular weight excluding hydrogens is 553 g/mol. The average Bonchev–Trinajstić information content (AvgIpc) is 3.30. The van der Waals surface area contributed by atoms with Crippen LogP contribution < -0.4 is 26.0 Å². The first kappa shape index (κ1) is 28.0. The summed E-state index contributed by atoms with van der Waals surface area (Å²) >= 11 is 1.95. The SMILES string of the molecule is CC(C)(C)c1ccc2c(c1)Oc1cccc3c1B2c1c(sc2ccc(C(C)(C)C)cc12)N3c1cc(C(C)(C)C)cc2c1CC2. The third-order valence-corrected chi connectivity index (χ3v) is 11.3. The Labute approximate surface area is 267 Å². The minimum atomic E-state index is 0.0473. The number of thiophene rings is 1. The van der Waals surface area contributed by atoms with Gasteiger partial charge in [-0.25, -0.2) is 0 Å². The molecule has 0 saturated carbocycles. The Hall–Kier alpha value is -3.50. The van der Waals surface area contributed by atoms with Gasteiger partial charge in [0.15, 0.2) is 0 Å². The van der Waals surface area contributed by atoms with Crippen molar-refractivity contribution in [2.75, 3.05) is 4.90 Å². The molecule has 0 bridgehead atoms. The fourth-order valence-electron chi connectivity index (χ4n) is 7.31. The van der Waals surface area contributed by atoms with Gasteiger partial charge in [0, 0.05) is 10.4 Å². The summed E-state index contributed by atoms with van der Waals surface area (Å²) < 4.78 is 8.20. The summed E-state index contributed by atoms with van der Waals surface area (Å²) in [5, 5.41) is 2.74. The Kier molecular flexibility index (Phi) is 5.75. The van der Waals surface area contributed by atoms with Gasteiger partial charge in [-0.15, -0.1) is 11.3 Å². The maximum absolute atomic E-state index is 6.85. The molecule has 1 aromatic heterocycles. The molecule has 0 amide bonds. The van der Waals surface area contributed by atoms with Gasteiger partial charge in [-0.05, 0) is 109 Å². The second kappa shape index (κ2) is 9.04. The smallest absolute Gasteiger partial charge is 0.258 e. The van der Waals surface area contributed by atoms with Crippen molar-refractivity contribution in [3.8, 4) is 11.5 Å². The first-order chi connectivity index (χ1) is 20.7. The molecule has 0 saturated heterocycles. The van der Waals surface area contributed by atoms with Gasteiger partial charge in [-0.3, -0.25) is 0 Å². The highest BCUT2D eigenvalue weighted by Crippen LogP contribution is 2.49. The minimum Gasteiger partial charge on any atom is -0.458 e. The molecule has 2 nitrogen and oxygen atoms in total. The van der Waals surface area contributed by atoms with Crippen molar-refractivity contribution in [3.05, 3.63) is 94.5 Å². The maximum Gasteiger partial charge on any atom is 0.258 e. The summed E-state index contributed by atoms with van der Waals surface area (Å²) in [7, 11) is 0. The monoisotopic (exact) mass is 595 g/mol. The highest BCUT2D eigenvalue weighted by Gasteiger charge is 2.45. The number of rotatable bonds is 1. The Morgan fingerprint density at radius 1 is 0.659 bits per heavy atom. The molecule has 0 atom stereocenters. The van der Waals surface area contributed by atoms with Crippen LogP contribution in [0.2, 0.25) is 0 Å². The molecule has 1 aliphatic carbocycles. The lowest BCUT2D eigenvalue weighted by Gasteiger charge is -2.41. The molecule has 4 heteroatoms. The summed E-state index contributed by atoms with van der Waals surface area (Å²) in [6.07, 6.45) is 2.30. The maximum atomic E-state index is 6.85. The number of fused-ring (bicyclic) bond motifs is 7. The molecule has 2 aliphatic heterocycles. The van der Waals surface area contributed by atoms with E-state index in [2.05, 4.69) is 134 Å². The van der Waals surface area contributed by atoms with E-state index >= 15 is 0 Å². The quantitative estimate of drug-likeness (QED) is 0.175. The molecule has 3 aliphatic rings. The lowest BCUT2D eigenvalue weighted by Crippen LogP contribution is -2.59. The zero-order chi connectivity index (χ0) is 30.9.